The van der Waals surface area contributed by atoms with Gasteiger partial charge < -0.3 is 9.88 Å². The first-order valence-electron chi connectivity index (χ1n) is 8.16. The lowest BCUT2D eigenvalue weighted by molar-refractivity contribution is 0.355. The first kappa shape index (κ1) is 13.0. The Hall–Kier alpha value is -0.990. The molecule has 0 bridgehead atoms. The average molecular weight is 261 g/mol. The molecule has 1 heterocycles. The van der Waals surface area contributed by atoms with E-state index in [4.69, 9.17) is 0 Å². The molecule has 0 aliphatic heterocycles. The molecule has 1 aromatic rings. The van der Waals surface area contributed by atoms with Gasteiger partial charge in [0.25, 0.3) is 0 Å². The molecule has 1 aromatic heterocycles. The summed E-state index contributed by atoms with van der Waals surface area (Å²) < 4.78 is 2.40. The Labute approximate surface area is 116 Å². The second-order valence-electron chi connectivity index (χ2n) is 6.38. The zero-order valence-corrected chi connectivity index (χ0v) is 12.1. The van der Waals surface area contributed by atoms with Crippen molar-refractivity contribution in [2.45, 2.75) is 76.8 Å². The molecule has 0 spiro atoms. The Kier molecular flexibility index (Phi) is 4.09. The molecule has 2 aliphatic rings. The van der Waals surface area contributed by atoms with Crippen LogP contribution in [-0.4, -0.2) is 15.6 Å². The minimum Gasteiger partial charge on any atom is -0.353 e. The molecule has 2 saturated carbocycles. The van der Waals surface area contributed by atoms with Crippen molar-refractivity contribution in [3.05, 3.63) is 12.4 Å². The quantitative estimate of drug-likeness (QED) is 0.823. The van der Waals surface area contributed by atoms with Gasteiger partial charge in [-0.05, 0) is 31.6 Å². The molecule has 2 aliphatic carbocycles. The molecule has 1 atom stereocenters. The van der Waals surface area contributed by atoms with E-state index in [0.29, 0.717) is 12.1 Å². The summed E-state index contributed by atoms with van der Waals surface area (Å²) in [5.74, 6) is 2.09. The first-order chi connectivity index (χ1) is 9.36. The van der Waals surface area contributed by atoms with E-state index < -0.39 is 0 Å². The van der Waals surface area contributed by atoms with Gasteiger partial charge >= 0.3 is 0 Å². The predicted octanol–water partition coefficient (Wildman–Crippen LogP) is 4.38. The van der Waals surface area contributed by atoms with Crippen LogP contribution in [0.5, 0.6) is 0 Å². The third-order valence-electron chi connectivity index (χ3n) is 4.78. The number of aromatic nitrogens is 2. The van der Waals surface area contributed by atoms with E-state index >= 15 is 0 Å². The van der Waals surface area contributed by atoms with Gasteiger partial charge in [0, 0.05) is 24.5 Å². The monoisotopic (exact) mass is 261 g/mol. The fourth-order valence-electron chi connectivity index (χ4n) is 3.34. The third kappa shape index (κ3) is 3.31. The van der Waals surface area contributed by atoms with Crippen LogP contribution in [0.25, 0.3) is 0 Å². The van der Waals surface area contributed by atoms with Gasteiger partial charge in [0.2, 0.25) is 5.95 Å². The zero-order valence-electron chi connectivity index (χ0n) is 12.1. The maximum Gasteiger partial charge on any atom is 0.203 e. The van der Waals surface area contributed by atoms with Gasteiger partial charge in [-0.15, -0.1) is 0 Å². The molecule has 0 amide bonds. The van der Waals surface area contributed by atoms with Crippen molar-refractivity contribution < 1.29 is 0 Å². The molecule has 106 valence electrons. The minimum absolute atomic E-state index is 0.609. The van der Waals surface area contributed by atoms with Crippen molar-refractivity contribution in [1.29, 1.82) is 0 Å². The number of imidazole rings is 1. The van der Waals surface area contributed by atoms with Crippen molar-refractivity contribution in [1.82, 2.24) is 9.55 Å². The predicted molar refractivity (Wildman–Crippen MR) is 79.4 cm³/mol. The number of nitrogens with one attached hydrogen (secondary N) is 1. The maximum atomic E-state index is 4.56. The van der Waals surface area contributed by atoms with E-state index in [9.17, 15) is 0 Å². The van der Waals surface area contributed by atoms with Gasteiger partial charge in [0.1, 0.15) is 0 Å². The number of hydrogen-bond acceptors (Lipinski definition) is 2. The smallest absolute Gasteiger partial charge is 0.203 e. The Morgan fingerprint density at radius 2 is 2.05 bits per heavy atom. The summed E-state index contributed by atoms with van der Waals surface area (Å²) in [5.41, 5.74) is 0. The van der Waals surface area contributed by atoms with Crippen molar-refractivity contribution >= 4 is 5.95 Å². The molecule has 2 fully saturated rings. The summed E-state index contributed by atoms with van der Waals surface area (Å²) in [6.07, 6.45) is 16.3. The average Bonchev–Trinajstić information content (AvgIpc) is 3.15. The lowest BCUT2D eigenvalue weighted by Crippen LogP contribution is -2.23. The molecule has 0 radical (unpaired) electrons. The highest BCUT2D eigenvalue weighted by atomic mass is 15.2. The van der Waals surface area contributed by atoms with Gasteiger partial charge in [-0.3, -0.25) is 0 Å². The number of rotatable bonds is 6. The minimum atomic E-state index is 0.609. The lowest BCUT2D eigenvalue weighted by Gasteiger charge is -2.26. The van der Waals surface area contributed by atoms with Gasteiger partial charge in [0.05, 0.1) is 0 Å². The molecule has 1 N–H and O–H groups in total. The Morgan fingerprint density at radius 1 is 1.26 bits per heavy atom. The lowest BCUT2D eigenvalue weighted by atomic mass is 9.95. The van der Waals surface area contributed by atoms with Crippen molar-refractivity contribution in [2.75, 3.05) is 5.32 Å². The molecule has 3 nitrogen and oxygen atoms in total. The molecule has 3 heteroatoms. The van der Waals surface area contributed by atoms with Crippen LogP contribution in [0.1, 0.15) is 70.8 Å². The summed E-state index contributed by atoms with van der Waals surface area (Å²) in [5, 5.41) is 3.70. The molecule has 0 aromatic carbocycles. The van der Waals surface area contributed by atoms with Crippen LogP contribution in [0.15, 0.2) is 12.4 Å². The summed E-state index contributed by atoms with van der Waals surface area (Å²) in [6.45, 7) is 2.29. The highest BCUT2D eigenvalue weighted by molar-refractivity contribution is 5.28. The summed E-state index contributed by atoms with van der Waals surface area (Å²) in [4.78, 5) is 4.56. The highest BCUT2D eigenvalue weighted by Crippen LogP contribution is 2.35. The second kappa shape index (κ2) is 5.98. The molecule has 3 rings (SSSR count). The van der Waals surface area contributed by atoms with Crippen LogP contribution in [0.3, 0.4) is 0 Å². The molecule has 1 unspecified atom stereocenters. The summed E-state index contributed by atoms with van der Waals surface area (Å²) in [7, 11) is 0. The third-order valence-corrected chi connectivity index (χ3v) is 4.78. The normalized spacial score (nSPS) is 22.4. The maximum absolute atomic E-state index is 4.56. The fraction of sp³-hybridized carbons (Fsp3) is 0.812. The number of hydrogen-bond donors (Lipinski definition) is 1. The van der Waals surface area contributed by atoms with Gasteiger partial charge in [-0.2, -0.15) is 0 Å². The van der Waals surface area contributed by atoms with Crippen molar-refractivity contribution in [2.24, 2.45) is 5.92 Å². The van der Waals surface area contributed by atoms with Crippen LogP contribution < -0.4 is 5.32 Å². The number of anilines is 1. The summed E-state index contributed by atoms with van der Waals surface area (Å²) in [6, 6.07) is 1.29. The van der Waals surface area contributed by atoms with Gasteiger partial charge in [-0.25, -0.2) is 4.98 Å². The fourth-order valence-corrected chi connectivity index (χ4v) is 3.34. The van der Waals surface area contributed by atoms with Crippen LogP contribution in [0.4, 0.5) is 5.95 Å². The zero-order chi connectivity index (χ0) is 13.1. The van der Waals surface area contributed by atoms with E-state index in [1.54, 1.807) is 0 Å². The van der Waals surface area contributed by atoms with Crippen LogP contribution >= 0.6 is 0 Å². The van der Waals surface area contributed by atoms with Crippen LogP contribution in [0.2, 0.25) is 0 Å². The van der Waals surface area contributed by atoms with Crippen molar-refractivity contribution in [3.8, 4) is 0 Å². The van der Waals surface area contributed by atoms with E-state index in [0.717, 1.165) is 11.9 Å². The SMILES string of the molecule is CCC(CC1CC1)Nc1nccn1C1CCCCC1. The Morgan fingerprint density at radius 3 is 2.74 bits per heavy atom. The van der Waals surface area contributed by atoms with Gasteiger partial charge in [-0.1, -0.05) is 39.0 Å². The van der Waals surface area contributed by atoms with E-state index in [1.807, 2.05) is 6.20 Å². The molecular formula is C16H27N3. The van der Waals surface area contributed by atoms with Crippen LogP contribution in [0, 0.1) is 5.92 Å². The highest BCUT2D eigenvalue weighted by Gasteiger charge is 2.26. The Bertz CT molecular complexity index is 388. The standard InChI is InChI=1S/C16H27N3/c1-2-14(12-13-8-9-13)18-16-17-10-11-19(16)15-6-4-3-5-7-15/h10-11,13-15H,2-9,12H2,1H3,(H,17,18). The molecular weight excluding hydrogens is 234 g/mol. The second-order valence-corrected chi connectivity index (χ2v) is 6.38. The van der Waals surface area contributed by atoms with Crippen LogP contribution in [-0.2, 0) is 0 Å². The van der Waals surface area contributed by atoms with E-state index in [-0.39, 0.29) is 0 Å². The number of nitrogens with zero attached hydrogens (tertiary/aromatic N) is 2. The Balaban J connectivity index is 1.64. The first-order valence-corrected chi connectivity index (χ1v) is 8.16. The summed E-state index contributed by atoms with van der Waals surface area (Å²) >= 11 is 0. The van der Waals surface area contributed by atoms with Crippen molar-refractivity contribution in [3.63, 3.8) is 0 Å². The molecule has 0 saturated heterocycles. The van der Waals surface area contributed by atoms with Gasteiger partial charge in [0.15, 0.2) is 0 Å². The topological polar surface area (TPSA) is 29.9 Å². The molecule has 19 heavy (non-hydrogen) atoms. The largest absolute Gasteiger partial charge is 0.353 e. The van der Waals surface area contributed by atoms with E-state index in [1.165, 1.54) is 57.8 Å². The van der Waals surface area contributed by atoms with E-state index in [2.05, 4.69) is 28.0 Å².